The summed E-state index contributed by atoms with van der Waals surface area (Å²) in [4.78, 5) is 11.4. The zero-order chi connectivity index (χ0) is 16.4. The molecule has 3 aromatic rings. The number of aromatic nitrogens is 4. The van der Waals surface area contributed by atoms with Crippen molar-refractivity contribution in [2.45, 2.75) is 19.4 Å². The summed E-state index contributed by atoms with van der Waals surface area (Å²) in [5.41, 5.74) is 2.01. The lowest BCUT2D eigenvalue weighted by atomic mass is 10.2. The van der Waals surface area contributed by atoms with Crippen molar-refractivity contribution < 1.29 is 0 Å². The van der Waals surface area contributed by atoms with Crippen LogP contribution < -0.4 is 15.5 Å². The van der Waals surface area contributed by atoms with Gasteiger partial charge in [-0.2, -0.15) is 10.1 Å². The van der Waals surface area contributed by atoms with Crippen LogP contribution in [-0.4, -0.2) is 45.8 Å². The Morgan fingerprint density at radius 2 is 2.25 bits per heavy atom. The second kappa shape index (κ2) is 6.45. The highest BCUT2D eigenvalue weighted by Gasteiger charge is 2.16. The lowest BCUT2D eigenvalue weighted by molar-refractivity contribution is 0.582. The van der Waals surface area contributed by atoms with Gasteiger partial charge in [0.1, 0.15) is 5.82 Å². The van der Waals surface area contributed by atoms with E-state index in [0.717, 1.165) is 54.4 Å². The third kappa shape index (κ3) is 3.16. The van der Waals surface area contributed by atoms with Gasteiger partial charge in [0.15, 0.2) is 0 Å². The van der Waals surface area contributed by atoms with Crippen LogP contribution in [0.3, 0.4) is 0 Å². The van der Waals surface area contributed by atoms with Gasteiger partial charge in [-0.3, -0.25) is 5.10 Å². The fourth-order valence-corrected chi connectivity index (χ4v) is 3.03. The van der Waals surface area contributed by atoms with Crippen LogP contribution in [0.4, 0.5) is 17.5 Å². The molecule has 1 saturated heterocycles. The molecule has 1 aliphatic rings. The minimum absolute atomic E-state index is 0.441. The molecule has 1 fully saturated rings. The Labute approximate surface area is 140 Å². The van der Waals surface area contributed by atoms with E-state index in [0.29, 0.717) is 6.04 Å². The smallest absolute Gasteiger partial charge is 0.227 e. The Kier molecular flexibility index (Phi) is 4.00. The molecule has 124 valence electrons. The molecule has 7 nitrogen and oxygen atoms in total. The molecule has 3 N–H and O–H groups in total. The number of anilines is 3. The molecule has 1 aliphatic heterocycles. The fourth-order valence-electron chi connectivity index (χ4n) is 3.03. The number of benzene rings is 1. The van der Waals surface area contributed by atoms with E-state index in [9.17, 15) is 0 Å². The SMILES string of the molecule is CC1CN(c2nccc(Nc3ccc4[nH]ncc4c3)n2)CCCN1. The molecule has 7 heteroatoms. The van der Waals surface area contributed by atoms with E-state index in [1.807, 2.05) is 30.6 Å². The molecule has 1 atom stereocenters. The lowest BCUT2D eigenvalue weighted by Gasteiger charge is -2.22. The molecule has 0 amide bonds. The first-order chi connectivity index (χ1) is 11.8. The number of rotatable bonds is 3. The van der Waals surface area contributed by atoms with Gasteiger partial charge in [-0.15, -0.1) is 0 Å². The molecule has 1 unspecified atom stereocenters. The molecule has 0 aliphatic carbocycles. The van der Waals surface area contributed by atoms with Crippen LogP contribution in [0.25, 0.3) is 10.9 Å². The van der Waals surface area contributed by atoms with Gasteiger partial charge in [0.05, 0.1) is 11.7 Å². The van der Waals surface area contributed by atoms with Crippen LogP contribution in [0.5, 0.6) is 0 Å². The molecule has 0 saturated carbocycles. The van der Waals surface area contributed by atoms with Crippen LogP contribution in [0.2, 0.25) is 0 Å². The van der Waals surface area contributed by atoms with Crippen molar-refractivity contribution in [1.82, 2.24) is 25.5 Å². The Bertz CT molecular complexity index is 828. The quantitative estimate of drug-likeness (QED) is 0.686. The zero-order valence-corrected chi connectivity index (χ0v) is 13.7. The third-order valence-corrected chi connectivity index (χ3v) is 4.23. The average Bonchev–Trinajstić information content (AvgIpc) is 2.94. The third-order valence-electron chi connectivity index (χ3n) is 4.23. The van der Waals surface area contributed by atoms with Crippen LogP contribution >= 0.6 is 0 Å². The monoisotopic (exact) mass is 323 g/mol. The van der Waals surface area contributed by atoms with Gasteiger partial charge in [-0.25, -0.2) is 4.98 Å². The van der Waals surface area contributed by atoms with Crippen LogP contribution in [0.1, 0.15) is 13.3 Å². The van der Waals surface area contributed by atoms with Crippen LogP contribution in [0.15, 0.2) is 36.7 Å². The predicted molar refractivity (Wildman–Crippen MR) is 95.7 cm³/mol. The van der Waals surface area contributed by atoms with Crippen molar-refractivity contribution in [3.05, 3.63) is 36.7 Å². The molecule has 3 heterocycles. The molecule has 0 bridgehead atoms. The summed E-state index contributed by atoms with van der Waals surface area (Å²) in [7, 11) is 0. The van der Waals surface area contributed by atoms with Crippen molar-refractivity contribution in [1.29, 1.82) is 0 Å². The summed E-state index contributed by atoms with van der Waals surface area (Å²) in [6.45, 7) is 5.13. The van der Waals surface area contributed by atoms with Gasteiger partial charge in [0, 0.05) is 36.4 Å². The fraction of sp³-hybridized carbons (Fsp3) is 0.353. The minimum Gasteiger partial charge on any atom is -0.340 e. The summed E-state index contributed by atoms with van der Waals surface area (Å²) in [5.74, 6) is 1.58. The molecule has 0 spiro atoms. The second-order valence-corrected chi connectivity index (χ2v) is 6.19. The molecule has 4 rings (SSSR count). The zero-order valence-electron chi connectivity index (χ0n) is 13.7. The number of H-pyrrole nitrogens is 1. The van der Waals surface area contributed by atoms with E-state index in [2.05, 4.69) is 48.7 Å². The maximum atomic E-state index is 4.69. The normalized spacial score (nSPS) is 18.5. The van der Waals surface area contributed by atoms with E-state index < -0.39 is 0 Å². The molecule has 24 heavy (non-hydrogen) atoms. The highest BCUT2D eigenvalue weighted by atomic mass is 15.3. The van der Waals surface area contributed by atoms with E-state index in [-0.39, 0.29) is 0 Å². The van der Waals surface area contributed by atoms with Gasteiger partial charge in [0.25, 0.3) is 0 Å². The van der Waals surface area contributed by atoms with Gasteiger partial charge >= 0.3 is 0 Å². The minimum atomic E-state index is 0.441. The Morgan fingerprint density at radius 3 is 3.21 bits per heavy atom. The van der Waals surface area contributed by atoms with Crippen molar-refractivity contribution in [3.63, 3.8) is 0 Å². The van der Waals surface area contributed by atoms with Gasteiger partial charge in [-0.05, 0) is 44.2 Å². The summed E-state index contributed by atoms with van der Waals surface area (Å²) >= 11 is 0. The first-order valence-corrected chi connectivity index (χ1v) is 8.29. The van der Waals surface area contributed by atoms with Gasteiger partial charge < -0.3 is 15.5 Å². The number of nitrogens with zero attached hydrogens (tertiary/aromatic N) is 4. The van der Waals surface area contributed by atoms with Crippen LogP contribution in [0, 0.1) is 0 Å². The van der Waals surface area contributed by atoms with E-state index >= 15 is 0 Å². The lowest BCUT2D eigenvalue weighted by Crippen LogP contribution is -2.36. The largest absolute Gasteiger partial charge is 0.340 e. The molecule has 1 aromatic carbocycles. The topological polar surface area (TPSA) is 81.8 Å². The standard InChI is InChI=1S/C17H21N7/c1-12-11-24(8-2-6-18-12)17-19-7-5-16(22-17)21-14-3-4-15-13(9-14)10-20-23-15/h3-5,7,9-10,12,18H,2,6,8,11H2,1H3,(H,20,23)(H,19,21,22). The number of hydrogen-bond acceptors (Lipinski definition) is 6. The first-order valence-electron chi connectivity index (χ1n) is 8.29. The summed E-state index contributed by atoms with van der Waals surface area (Å²) in [5, 5.41) is 14.9. The van der Waals surface area contributed by atoms with Crippen molar-refractivity contribution in [2.75, 3.05) is 29.9 Å². The second-order valence-electron chi connectivity index (χ2n) is 6.19. The maximum Gasteiger partial charge on any atom is 0.227 e. The number of hydrogen-bond donors (Lipinski definition) is 3. The van der Waals surface area contributed by atoms with Crippen molar-refractivity contribution in [3.8, 4) is 0 Å². The Balaban J connectivity index is 1.55. The van der Waals surface area contributed by atoms with E-state index in [4.69, 9.17) is 0 Å². The predicted octanol–water partition coefficient (Wildman–Crippen LogP) is 2.28. The summed E-state index contributed by atoms with van der Waals surface area (Å²) in [6, 6.07) is 8.41. The Morgan fingerprint density at radius 1 is 1.29 bits per heavy atom. The summed E-state index contributed by atoms with van der Waals surface area (Å²) in [6.07, 6.45) is 4.73. The first kappa shape index (κ1) is 14.9. The van der Waals surface area contributed by atoms with E-state index in [1.54, 1.807) is 0 Å². The Hall–Kier alpha value is -2.67. The van der Waals surface area contributed by atoms with Crippen molar-refractivity contribution in [2.24, 2.45) is 0 Å². The highest BCUT2D eigenvalue weighted by molar-refractivity contribution is 5.82. The molecule has 2 aromatic heterocycles. The highest BCUT2D eigenvalue weighted by Crippen LogP contribution is 2.21. The average molecular weight is 323 g/mol. The summed E-state index contributed by atoms with van der Waals surface area (Å²) < 4.78 is 0. The van der Waals surface area contributed by atoms with Gasteiger partial charge in [-0.1, -0.05) is 0 Å². The number of nitrogens with one attached hydrogen (secondary N) is 3. The number of aromatic amines is 1. The van der Waals surface area contributed by atoms with Gasteiger partial charge in [0.2, 0.25) is 5.95 Å². The van der Waals surface area contributed by atoms with E-state index in [1.165, 1.54) is 0 Å². The van der Waals surface area contributed by atoms with Crippen molar-refractivity contribution >= 4 is 28.4 Å². The van der Waals surface area contributed by atoms with Crippen LogP contribution in [-0.2, 0) is 0 Å². The molecular formula is C17H21N7. The number of fused-ring (bicyclic) bond motifs is 1. The maximum absolute atomic E-state index is 4.69. The molecular weight excluding hydrogens is 302 g/mol. The molecule has 0 radical (unpaired) electrons.